The van der Waals surface area contributed by atoms with E-state index in [-0.39, 0.29) is 11.2 Å². The minimum Gasteiger partial charge on any atom is -0.414 e. The van der Waals surface area contributed by atoms with Gasteiger partial charge in [-0.15, -0.1) is 0 Å². The lowest BCUT2D eigenvalue weighted by molar-refractivity contribution is 0.110. The van der Waals surface area contributed by atoms with Gasteiger partial charge in [0.05, 0.1) is 0 Å². The van der Waals surface area contributed by atoms with E-state index in [1.165, 1.54) is 0 Å². The van der Waals surface area contributed by atoms with E-state index in [1.54, 1.807) is 0 Å². The number of hydrogen-bond donors (Lipinski definition) is 0. The third kappa shape index (κ3) is 4.16. The molecule has 1 nitrogen and oxygen atoms in total. The molecule has 0 aliphatic heterocycles. The summed E-state index contributed by atoms with van der Waals surface area (Å²) < 4.78 is 43.9. The van der Waals surface area contributed by atoms with E-state index in [4.69, 9.17) is 4.43 Å². The minimum atomic E-state index is -1.16. The summed E-state index contributed by atoms with van der Waals surface area (Å²) in [7, 11) is 2.96. The molecule has 0 fully saturated rings. The number of rotatable bonds is 5. The molecule has 0 saturated heterocycles. The first kappa shape index (κ1) is 14.2. The van der Waals surface area contributed by atoms with Gasteiger partial charge in [0.15, 0.2) is 11.6 Å². The highest BCUT2D eigenvalue weighted by Crippen LogP contribution is 2.20. The highest BCUT2D eigenvalue weighted by molar-refractivity contribution is 5.98. The Labute approximate surface area is 103 Å². The van der Waals surface area contributed by atoms with Gasteiger partial charge in [-0.3, -0.25) is 0 Å². The van der Waals surface area contributed by atoms with Crippen LogP contribution >= 0.6 is 0 Å². The van der Waals surface area contributed by atoms with Crippen LogP contribution in [-0.2, 0) is 10.8 Å². The highest BCUT2D eigenvalue weighted by atomic mass is 28.2. The van der Waals surface area contributed by atoms with Crippen LogP contribution in [0, 0.1) is 17.5 Å². The van der Waals surface area contributed by atoms with Gasteiger partial charge in [0.2, 0.25) is 10.5 Å². The van der Waals surface area contributed by atoms with Gasteiger partial charge in [-0.1, -0.05) is 0 Å². The Kier molecular flexibility index (Phi) is 4.77. The zero-order chi connectivity index (χ0) is 13.1. The number of hydrogen-bond acceptors (Lipinski definition) is 1. The Bertz CT molecular complexity index is 394. The zero-order valence-corrected chi connectivity index (χ0v) is 10.8. The van der Waals surface area contributed by atoms with Crippen LogP contribution in [0.5, 0.6) is 0 Å². The van der Waals surface area contributed by atoms with Crippen LogP contribution in [-0.4, -0.2) is 16.1 Å². The summed E-state index contributed by atoms with van der Waals surface area (Å²) in [6.45, 7) is 3.75. The molecule has 1 rings (SSSR count). The second kappa shape index (κ2) is 5.69. The number of aryl methyl sites for hydroxylation is 1. The van der Waals surface area contributed by atoms with Crippen molar-refractivity contribution >= 4 is 10.5 Å². The molecule has 0 heterocycles. The maximum Gasteiger partial charge on any atom is 0.246 e. The molecule has 1 aromatic carbocycles. The van der Waals surface area contributed by atoms with Crippen molar-refractivity contribution in [1.29, 1.82) is 0 Å². The molecule has 0 aliphatic carbocycles. The fraction of sp³-hybridized carbons (Fsp3) is 0.500. The Hall–Kier alpha value is -0.813. The average Bonchev–Trinajstić information content (AvgIpc) is 2.25. The fourth-order valence-corrected chi connectivity index (χ4v) is 1.61. The van der Waals surface area contributed by atoms with Crippen LogP contribution < -0.4 is 0 Å². The SMILES string of the molecule is CC(C)(CCCc1cc(F)c(F)cc1F)O[Si]. The van der Waals surface area contributed by atoms with Gasteiger partial charge in [-0.2, -0.15) is 0 Å². The molecule has 5 heteroatoms. The van der Waals surface area contributed by atoms with Gasteiger partial charge < -0.3 is 4.43 Å². The van der Waals surface area contributed by atoms with E-state index >= 15 is 0 Å². The van der Waals surface area contributed by atoms with Crippen molar-refractivity contribution in [3.8, 4) is 0 Å². The summed E-state index contributed by atoms with van der Waals surface area (Å²) in [6.07, 6.45) is 1.65. The standard InChI is InChI=1S/C12H14F3OSi/c1-12(2,16-17)5-3-4-8-6-10(14)11(15)7-9(8)13/h6-7H,3-5H2,1-2H3. The third-order valence-corrected chi connectivity index (χ3v) is 3.14. The molecule has 0 atom stereocenters. The summed E-state index contributed by atoms with van der Waals surface area (Å²) in [5.74, 6) is -2.88. The van der Waals surface area contributed by atoms with Crippen LogP contribution in [0.15, 0.2) is 12.1 Å². The highest BCUT2D eigenvalue weighted by Gasteiger charge is 2.16. The smallest absolute Gasteiger partial charge is 0.246 e. The van der Waals surface area contributed by atoms with Gasteiger partial charge in [0.25, 0.3) is 0 Å². The average molecular weight is 259 g/mol. The molecule has 0 aromatic heterocycles. The molecule has 0 amide bonds. The third-order valence-electron chi connectivity index (χ3n) is 2.59. The van der Waals surface area contributed by atoms with Crippen LogP contribution in [0.25, 0.3) is 0 Å². The molecule has 1 aromatic rings. The molecule has 93 valence electrons. The molecule has 3 radical (unpaired) electrons. The van der Waals surface area contributed by atoms with Gasteiger partial charge in [-0.05, 0) is 44.7 Å². The van der Waals surface area contributed by atoms with E-state index in [0.717, 1.165) is 6.07 Å². The van der Waals surface area contributed by atoms with Crippen LogP contribution in [0.2, 0.25) is 0 Å². The van der Waals surface area contributed by atoms with Crippen molar-refractivity contribution in [3.63, 3.8) is 0 Å². The van der Waals surface area contributed by atoms with Gasteiger partial charge in [-0.25, -0.2) is 13.2 Å². The second-order valence-corrected chi connectivity index (χ2v) is 4.78. The summed E-state index contributed by atoms with van der Waals surface area (Å²) in [6, 6.07) is 1.49. The van der Waals surface area contributed by atoms with E-state index in [0.29, 0.717) is 25.3 Å². The van der Waals surface area contributed by atoms with Gasteiger partial charge >= 0.3 is 0 Å². The van der Waals surface area contributed by atoms with Crippen molar-refractivity contribution in [3.05, 3.63) is 35.1 Å². The largest absolute Gasteiger partial charge is 0.414 e. The van der Waals surface area contributed by atoms with Crippen molar-refractivity contribution < 1.29 is 17.6 Å². The fourth-order valence-electron chi connectivity index (χ4n) is 1.51. The quantitative estimate of drug-likeness (QED) is 0.582. The minimum absolute atomic E-state index is 0.189. The van der Waals surface area contributed by atoms with Crippen LogP contribution in [0.3, 0.4) is 0 Å². The zero-order valence-electron chi connectivity index (χ0n) is 9.82. The van der Waals surface area contributed by atoms with Gasteiger partial charge in [0.1, 0.15) is 5.82 Å². The summed E-state index contributed by atoms with van der Waals surface area (Å²) >= 11 is 0. The molecule has 0 aliphatic rings. The molecule has 0 spiro atoms. The Morgan fingerprint density at radius 2 is 1.71 bits per heavy atom. The Morgan fingerprint density at radius 3 is 2.29 bits per heavy atom. The normalized spacial score (nSPS) is 11.9. The lowest BCUT2D eigenvalue weighted by atomic mass is 9.99. The lowest BCUT2D eigenvalue weighted by Gasteiger charge is -2.23. The van der Waals surface area contributed by atoms with Crippen molar-refractivity contribution in [2.24, 2.45) is 0 Å². The first-order valence-corrected chi connectivity index (χ1v) is 5.75. The Morgan fingerprint density at radius 1 is 1.12 bits per heavy atom. The molecule has 0 N–H and O–H groups in total. The van der Waals surface area contributed by atoms with Gasteiger partial charge in [0, 0.05) is 11.7 Å². The first-order valence-electron chi connectivity index (χ1n) is 5.34. The molecular formula is C12H14F3OSi. The van der Waals surface area contributed by atoms with E-state index in [9.17, 15) is 13.2 Å². The van der Waals surface area contributed by atoms with Crippen LogP contribution in [0.4, 0.5) is 13.2 Å². The van der Waals surface area contributed by atoms with Crippen molar-refractivity contribution in [1.82, 2.24) is 0 Å². The summed E-state index contributed by atoms with van der Waals surface area (Å²) in [5.41, 5.74) is -0.181. The topological polar surface area (TPSA) is 9.23 Å². The lowest BCUT2D eigenvalue weighted by Crippen LogP contribution is -2.23. The number of halogens is 3. The van der Waals surface area contributed by atoms with E-state index in [1.807, 2.05) is 13.8 Å². The predicted octanol–water partition coefficient (Wildman–Crippen LogP) is 3.31. The van der Waals surface area contributed by atoms with Crippen molar-refractivity contribution in [2.45, 2.75) is 38.7 Å². The molecule has 0 unspecified atom stereocenters. The maximum absolute atomic E-state index is 13.3. The second-order valence-electron chi connectivity index (χ2n) is 4.57. The summed E-state index contributed by atoms with van der Waals surface area (Å²) in [5, 5.41) is 0. The predicted molar refractivity (Wildman–Crippen MR) is 60.2 cm³/mol. The first-order chi connectivity index (χ1) is 7.85. The molecule has 0 bridgehead atoms. The Balaban J connectivity index is 2.61. The maximum atomic E-state index is 13.3. The number of benzene rings is 1. The van der Waals surface area contributed by atoms with E-state index in [2.05, 4.69) is 10.5 Å². The van der Waals surface area contributed by atoms with Crippen LogP contribution in [0.1, 0.15) is 32.3 Å². The van der Waals surface area contributed by atoms with Crippen molar-refractivity contribution in [2.75, 3.05) is 0 Å². The molecule has 17 heavy (non-hydrogen) atoms. The monoisotopic (exact) mass is 259 g/mol. The molecule has 0 saturated carbocycles. The van der Waals surface area contributed by atoms with E-state index < -0.39 is 17.5 Å². The molecular weight excluding hydrogens is 245 g/mol. The summed E-state index contributed by atoms with van der Waals surface area (Å²) in [4.78, 5) is 0.